The second kappa shape index (κ2) is 6.21. The maximum absolute atomic E-state index is 12.3. The van der Waals surface area contributed by atoms with E-state index in [1.807, 2.05) is 0 Å². The average molecular weight is 338 g/mol. The lowest BCUT2D eigenvalue weighted by atomic mass is 9.90. The molecule has 1 amide bonds. The molecule has 0 aliphatic carbocycles. The molecule has 9 nitrogen and oxygen atoms in total. The average Bonchev–Trinajstić information content (AvgIpc) is 3.04. The monoisotopic (exact) mass is 338 g/mol. The molecule has 0 aromatic carbocycles. The topological polar surface area (TPSA) is 108 Å². The van der Waals surface area contributed by atoms with Gasteiger partial charge in [0.2, 0.25) is 5.91 Å². The number of carbonyl (C=O) groups is 2. The van der Waals surface area contributed by atoms with Crippen LogP contribution < -0.4 is 0 Å². The van der Waals surface area contributed by atoms with Crippen LogP contribution in [0.4, 0.5) is 5.69 Å². The highest BCUT2D eigenvalue weighted by molar-refractivity contribution is 5.81. The Bertz CT molecular complexity index is 663. The Morgan fingerprint density at radius 1 is 1.46 bits per heavy atom. The van der Waals surface area contributed by atoms with E-state index in [2.05, 4.69) is 5.10 Å². The number of ether oxygens (including phenoxy) is 1. The molecule has 1 aliphatic heterocycles. The van der Waals surface area contributed by atoms with Crippen LogP contribution in [0.1, 0.15) is 34.1 Å². The Labute approximate surface area is 139 Å². The van der Waals surface area contributed by atoms with Crippen LogP contribution in [0.2, 0.25) is 0 Å². The molecular weight excluding hydrogens is 316 g/mol. The van der Waals surface area contributed by atoms with Crippen molar-refractivity contribution in [3.63, 3.8) is 0 Å². The van der Waals surface area contributed by atoms with E-state index >= 15 is 0 Å². The summed E-state index contributed by atoms with van der Waals surface area (Å²) in [6.07, 6.45) is 2.83. The minimum Gasteiger partial charge on any atom is -0.459 e. The number of carbonyl (C=O) groups excluding carboxylic acids is 2. The Hall–Kier alpha value is -2.45. The number of aromatic nitrogens is 2. The summed E-state index contributed by atoms with van der Waals surface area (Å²) in [7, 11) is 0. The van der Waals surface area contributed by atoms with Crippen LogP contribution >= 0.6 is 0 Å². The first-order valence-electron chi connectivity index (χ1n) is 7.68. The maximum Gasteiger partial charge on any atom is 0.314 e. The zero-order valence-electron chi connectivity index (χ0n) is 14.3. The van der Waals surface area contributed by atoms with E-state index in [9.17, 15) is 19.7 Å². The van der Waals surface area contributed by atoms with E-state index in [-0.39, 0.29) is 30.7 Å². The second-order valence-corrected chi connectivity index (χ2v) is 7.28. The van der Waals surface area contributed by atoms with Gasteiger partial charge >= 0.3 is 11.7 Å². The third-order valence-corrected chi connectivity index (χ3v) is 3.85. The van der Waals surface area contributed by atoms with Crippen LogP contribution in [0, 0.1) is 15.5 Å². The molecule has 24 heavy (non-hydrogen) atoms. The molecule has 9 heteroatoms. The maximum atomic E-state index is 12.3. The van der Waals surface area contributed by atoms with Gasteiger partial charge in [-0.05, 0) is 34.1 Å². The van der Waals surface area contributed by atoms with Crippen molar-refractivity contribution in [1.82, 2.24) is 14.7 Å². The largest absolute Gasteiger partial charge is 0.459 e. The predicted octanol–water partition coefficient (Wildman–Crippen LogP) is 1.37. The molecule has 0 N–H and O–H groups in total. The van der Waals surface area contributed by atoms with Crippen LogP contribution in [0.3, 0.4) is 0 Å². The van der Waals surface area contributed by atoms with Gasteiger partial charge in [-0.3, -0.25) is 24.4 Å². The van der Waals surface area contributed by atoms with Gasteiger partial charge in [0.15, 0.2) is 0 Å². The minimum absolute atomic E-state index is 0.0990. The van der Waals surface area contributed by atoms with Crippen LogP contribution in [0.15, 0.2) is 12.4 Å². The smallest absolute Gasteiger partial charge is 0.314 e. The highest BCUT2D eigenvalue weighted by atomic mass is 16.6. The van der Waals surface area contributed by atoms with Crippen LogP contribution in [0.25, 0.3) is 0 Å². The summed E-state index contributed by atoms with van der Waals surface area (Å²) in [5, 5.41) is 14.4. The van der Waals surface area contributed by atoms with Crippen molar-refractivity contribution < 1.29 is 19.2 Å². The summed E-state index contributed by atoms with van der Waals surface area (Å²) in [5.41, 5.74) is -1.48. The molecule has 1 unspecified atom stereocenters. The van der Waals surface area contributed by atoms with Gasteiger partial charge in [-0.15, -0.1) is 0 Å². The number of likely N-dealkylation sites (tertiary alicyclic amines) is 1. The highest BCUT2D eigenvalue weighted by Gasteiger charge is 2.44. The number of esters is 1. The van der Waals surface area contributed by atoms with Crippen molar-refractivity contribution in [3.05, 3.63) is 22.5 Å². The molecule has 1 saturated heterocycles. The van der Waals surface area contributed by atoms with E-state index < -0.39 is 15.9 Å². The fourth-order valence-electron chi connectivity index (χ4n) is 2.51. The third-order valence-electron chi connectivity index (χ3n) is 3.85. The second-order valence-electron chi connectivity index (χ2n) is 7.28. The van der Waals surface area contributed by atoms with E-state index in [1.54, 1.807) is 32.6 Å². The molecule has 1 fully saturated rings. The lowest BCUT2D eigenvalue weighted by Gasteiger charge is -2.28. The summed E-state index contributed by atoms with van der Waals surface area (Å²) in [4.78, 5) is 36.3. The lowest BCUT2D eigenvalue weighted by Crippen LogP contribution is -2.39. The van der Waals surface area contributed by atoms with Crippen molar-refractivity contribution in [2.45, 2.75) is 46.3 Å². The quantitative estimate of drug-likeness (QED) is 0.466. The molecule has 1 atom stereocenters. The van der Waals surface area contributed by atoms with E-state index in [4.69, 9.17) is 4.74 Å². The summed E-state index contributed by atoms with van der Waals surface area (Å²) >= 11 is 0. The molecule has 1 aromatic rings. The number of hydrogen-bond acceptors (Lipinski definition) is 6. The van der Waals surface area contributed by atoms with Crippen molar-refractivity contribution in [2.75, 3.05) is 13.1 Å². The summed E-state index contributed by atoms with van der Waals surface area (Å²) in [6.45, 7) is 7.80. The lowest BCUT2D eigenvalue weighted by molar-refractivity contribution is -0.385. The number of rotatable bonds is 4. The molecule has 2 heterocycles. The van der Waals surface area contributed by atoms with Gasteiger partial charge in [0, 0.05) is 13.1 Å². The standard InChI is InChI=1S/C15H22N4O5/c1-14(2,3)24-13(21)15(4)5-6-17(10-15)12(20)9-18-8-11(7-16-18)19(22)23/h7-8H,5-6,9-10H2,1-4H3. The van der Waals surface area contributed by atoms with Gasteiger partial charge in [0.05, 0.1) is 10.3 Å². The number of nitro groups is 1. The number of amides is 1. The summed E-state index contributed by atoms with van der Waals surface area (Å²) in [6, 6.07) is 0. The highest BCUT2D eigenvalue weighted by Crippen LogP contribution is 2.33. The third kappa shape index (κ3) is 4.09. The van der Waals surface area contributed by atoms with Gasteiger partial charge in [-0.1, -0.05) is 0 Å². The van der Waals surface area contributed by atoms with E-state index in [0.29, 0.717) is 13.0 Å². The Kier molecular flexibility index (Phi) is 4.63. The zero-order valence-corrected chi connectivity index (χ0v) is 14.3. The van der Waals surface area contributed by atoms with Gasteiger partial charge in [0.25, 0.3) is 0 Å². The molecule has 0 radical (unpaired) electrons. The molecule has 1 aliphatic rings. The van der Waals surface area contributed by atoms with Crippen LogP contribution in [-0.4, -0.2) is 50.2 Å². The van der Waals surface area contributed by atoms with Crippen molar-refractivity contribution in [1.29, 1.82) is 0 Å². The first kappa shape index (κ1) is 17.9. The van der Waals surface area contributed by atoms with Gasteiger partial charge in [-0.25, -0.2) is 0 Å². The van der Waals surface area contributed by atoms with Gasteiger partial charge in [0.1, 0.15) is 24.5 Å². The van der Waals surface area contributed by atoms with Crippen molar-refractivity contribution in [3.8, 4) is 0 Å². The van der Waals surface area contributed by atoms with Crippen molar-refractivity contribution in [2.24, 2.45) is 5.41 Å². The normalized spacial score (nSPS) is 20.9. The first-order chi connectivity index (χ1) is 11.0. The van der Waals surface area contributed by atoms with Crippen molar-refractivity contribution >= 4 is 17.6 Å². The van der Waals surface area contributed by atoms with Crippen LogP contribution in [-0.2, 0) is 20.9 Å². The molecule has 132 valence electrons. The predicted molar refractivity (Wildman–Crippen MR) is 84.0 cm³/mol. The Balaban J connectivity index is 1.97. The summed E-state index contributed by atoms with van der Waals surface area (Å²) in [5.74, 6) is -0.555. The molecule has 0 bridgehead atoms. The van der Waals surface area contributed by atoms with Gasteiger partial charge < -0.3 is 9.64 Å². The first-order valence-corrected chi connectivity index (χ1v) is 7.68. The SMILES string of the molecule is CC(C)(C)OC(=O)C1(C)CCN(C(=O)Cn2cc([N+](=O)[O-])cn2)C1. The van der Waals surface area contributed by atoms with Gasteiger partial charge in [-0.2, -0.15) is 5.10 Å². The number of nitrogens with zero attached hydrogens (tertiary/aromatic N) is 4. The molecule has 1 aromatic heterocycles. The molecular formula is C15H22N4O5. The van der Waals surface area contributed by atoms with E-state index in [1.165, 1.54) is 10.9 Å². The Morgan fingerprint density at radius 3 is 2.67 bits per heavy atom. The van der Waals surface area contributed by atoms with Crippen LogP contribution in [0.5, 0.6) is 0 Å². The molecule has 0 saturated carbocycles. The Morgan fingerprint density at radius 2 is 2.12 bits per heavy atom. The fourth-order valence-corrected chi connectivity index (χ4v) is 2.51. The fraction of sp³-hybridized carbons (Fsp3) is 0.667. The molecule has 2 rings (SSSR count). The molecule has 0 spiro atoms. The zero-order chi connectivity index (χ0) is 18.1. The van der Waals surface area contributed by atoms with E-state index in [0.717, 1.165) is 6.20 Å². The minimum atomic E-state index is -0.737. The summed E-state index contributed by atoms with van der Waals surface area (Å²) < 4.78 is 6.66. The number of hydrogen-bond donors (Lipinski definition) is 0.